The zero-order chi connectivity index (χ0) is 18.5. The molecule has 3 rings (SSSR count). The third kappa shape index (κ3) is 4.68. The van der Waals surface area contributed by atoms with Crippen LogP contribution in [0.5, 0.6) is 5.75 Å². The second-order valence-electron chi connectivity index (χ2n) is 6.54. The maximum Gasteiger partial charge on any atom is 0.236 e. The highest BCUT2D eigenvalue weighted by Gasteiger charge is 2.21. The van der Waals surface area contributed by atoms with E-state index in [9.17, 15) is 9.90 Å². The van der Waals surface area contributed by atoms with Crippen molar-refractivity contribution in [1.82, 2.24) is 10.2 Å². The summed E-state index contributed by atoms with van der Waals surface area (Å²) in [5, 5.41) is 13.4. The number of nitrogens with one attached hydrogen (secondary N) is 1. The van der Waals surface area contributed by atoms with Crippen LogP contribution in [0.25, 0.3) is 0 Å². The van der Waals surface area contributed by atoms with Gasteiger partial charge in [0.1, 0.15) is 5.75 Å². The molecule has 1 aliphatic heterocycles. The first kappa shape index (κ1) is 18.5. The Balaban J connectivity index is 1.47. The van der Waals surface area contributed by atoms with Gasteiger partial charge in [0.2, 0.25) is 5.91 Å². The van der Waals surface area contributed by atoms with Crippen LogP contribution in [0.2, 0.25) is 5.02 Å². The van der Waals surface area contributed by atoms with Gasteiger partial charge in [-0.25, -0.2) is 0 Å². The minimum absolute atomic E-state index is 0.0657. The maximum atomic E-state index is 12.5. The van der Waals surface area contributed by atoms with Crippen molar-refractivity contribution in [2.45, 2.75) is 13.0 Å². The average Bonchev–Trinajstić information content (AvgIpc) is 2.66. The number of phenolic OH excluding ortho intramolecular Hbond substituents is 1. The first-order chi connectivity index (χ1) is 12.5. The van der Waals surface area contributed by atoms with E-state index in [0.29, 0.717) is 24.7 Å². The molecule has 1 amide bonds. The average molecular weight is 374 g/mol. The number of anilines is 1. The van der Waals surface area contributed by atoms with Crippen LogP contribution in [0.15, 0.2) is 48.5 Å². The van der Waals surface area contributed by atoms with Crippen molar-refractivity contribution in [1.29, 1.82) is 0 Å². The molecule has 0 spiro atoms. The highest BCUT2D eigenvalue weighted by molar-refractivity contribution is 6.30. The Bertz CT molecular complexity index is 743. The van der Waals surface area contributed by atoms with E-state index < -0.39 is 0 Å². The highest BCUT2D eigenvalue weighted by atomic mass is 35.5. The predicted molar refractivity (Wildman–Crippen MR) is 105 cm³/mol. The van der Waals surface area contributed by atoms with Crippen molar-refractivity contribution >= 4 is 23.2 Å². The van der Waals surface area contributed by atoms with Crippen LogP contribution < -0.4 is 10.2 Å². The highest BCUT2D eigenvalue weighted by Crippen LogP contribution is 2.20. The van der Waals surface area contributed by atoms with Gasteiger partial charge in [-0.15, -0.1) is 0 Å². The van der Waals surface area contributed by atoms with Crippen LogP contribution in [0, 0.1) is 0 Å². The Morgan fingerprint density at radius 2 is 1.85 bits per heavy atom. The van der Waals surface area contributed by atoms with E-state index in [1.165, 1.54) is 0 Å². The van der Waals surface area contributed by atoms with Crippen LogP contribution >= 0.6 is 11.6 Å². The fourth-order valence-electron chi connectivity index (χ4n) is 3.12. The molecule has 0 radical (unpaired) electrons. The number of carbonyl (C=O) groups excluding carboxylic acids is 1. The summed E-state index contributed by atoms with van der Waals surface area (Å²) in [6.45, 7) is 5.33. The van der Waals surface area contributed by atoms with E-state index in [2.05, 4.69) is 10.2 Å². The fraction of sp³-hybridized carbons (Fsp3) is 0.350. The van der Waals surface area contributed by atoms with Crippen molar-refractivity contribution < 1.29 is 9.90 Å². The fourth-order valence-corrected chi connectivity index (χ4v) is 3.32. The van der Waals surface area contributed by atoms with Crippen molar-refractivity contribution in [3.8, 4) is 5.75 Å². The van der Waals surface area contributed by atoms with Crippen molar-refractivity contribution in [2.24, 2.45) is 0 Å². The molecule has 138 valence electrons. The SMILES string of the molecule is C[C@@H](NCC(=O)N1CCN(c2ccc(O)cc2)CC1)c1cccc(Cl)c1. The third-order valence-corrected chi connectivity index (χ3v) is 4.99. The zero-order valence-electron chi connectivity index (χ0n) is 14.9. The normalized spacial score (nSPS) is 15.8. The standard InChI is InChI=1S/C20H24ClN3O2/c1-15(16-3-2-4-17(21)13-16)22-14-20(26)24-11-9-23(10-12-24)18-5-7-19(25)8-6-18/h2-8,13,15,22,25H,9-12,14H2,1H3/t15-/m1/s1. The van der Waals surface area contributed by atoms with E-state index in [0.717, 1.165) is 24.3 Å². The summed E-state index contributed by atoms with van der Waals surface area (Å²) in [4.78, 5) is 16.6. The molecular weight excluding hydrogens is 350 g/mol. The van der Waals surface area contributed by atoms with Gasteiger partial charge in [0.05, 0.1) is 6.54 Å². The Morgan fingerprint density at radius 3 is 2.50 bits per heavy atom. The largest absolute Gasteiger partial charge is 0.508 e. The van der Waals surface area contributed by atoms with E-state index in [1.54, 1.807) is 12.1 Å². The van der Waals surface area contributed by atoms with E-state index in [-0.39, 0.29) is 17.7 Å². The molecule has 0 unspecified atom stereocenters. The van der Waals surface area contributed by atoms with Gasteiger partial charge in [-0.05, 0) is 48.9 Å². The van der Waals surface area contributed by atoms with Crippen molar-refractivity contribution in [3.63, 3.8) is 0 Å². The number of hydrogen-bond acceptors (Lipinski definition) is 4. The van der Waals surface area contributed by atoms with E-state index in [4.69, 9.17) is 11.6 Å². The molecular formula is C20H24ClN3O2. The number of halogens is 1. The minimum atomic E-state index is 0.0657. The van der Waals surface area contributed by atoms with Gasteiger partial charge in [-0.1, -0.05) is 23.7 Å². The smallest absolute Gasteiger partial charge is 0.236 e. The lowest BCUT2D eigenvalue weighted by molar-refractivity contribution is -0.130. The van der Waals surface area contributed by atoms with Crippen LogP contribution in [0.4, 0.5) is 5.69 Å². The van der Waals surface area contributed by atoms with Gasteiger partial charge in [0.25, 0.3) is 0 Å². The number of hydrogen-bond donors (Lipinski definition) is 2. The maximum absolute atomic E-state index is 12.5. The molecule has 0 aromatic heterocycles. The molecule has 1 aliphatic rings. The number of phenols is 1. The summed E-state index contributed by atoms with van der Waals surface area (Å²) < 4.78 is 0. The summed E-state index contributed by atoms with van der Waals surface area (Å²) in [6, 6.07) is 14.9. The quantitative estimate of drug-likeness (QED) is 0.845. The van der Waals surface area contributed by atoms with Crippen molar-refractivity contribution in [3.05, 3.63) is 59.1 Å². The molecule has 1 fully saturated rings. The van der Waals surface area contributed by atoms with Crippen LogP contribution in [-0.2, 0) is 4.79 Å². The summed E-state index contributed by atoms with van der Waals surface area (Å²) in [6.07, 6.45) is 0. The van der Waals surface area contributed by atoms with Crippen LogP contribution in [0.1, 0.15) is 18.5 Å². The zero-order valence-corrected chi connectivity index (χ0v) is 15.6. The molecule has 5 nitrogen and oxygen atoms in total. The molecule has 26 heavy (non-hydrogen) atoms. The number of aromatic hydroxyl groups is 1. The second-order valence-corrected chi connectivity index (χ2v) is 6.98. The Labute approximate surface area is 159 Å². The Kier molecular flexibility index (Phi) is 6.01. The van der Waals surface area contributed by atoms with Gasteiger partial charge in [-0.2, -0.15) is 0 Å². The van der Waals surface area contributed by atoms with Crippen molar-refractivity contribution in [2.75, 3.05) is 37.6 Å². The minimum Gasteiger partial charge on any atom is -0.508 e. The molecule has 1 atom stereocenters. The summed E-state index contributed by atoms with van der Waals surface area (Å²) in [7, 11) is 0. The summed E-state index contributed by atoms with van der Waals surface area (Å²) in [5.41, 5.74) is 2.14. The van der Waals surface area contributed by atoms with Crippen LogP contribution in [-0.4, -0.2) is 48.6 Å². The molecule has 0 bridgehead atoms. The molecule has 1 heterocycles. The number of nitrogens with zero attached hydrogens (tertiary/aromatic N) is 2. The molecule has 2 aromatic rings. The Hall–Kier alpha value is -2.24. The first-order valence-corrected chi connectivity index (χ1v) is 9.21. The number of benzene rings is 2. The lowest BCUT2D eigenvalue weighted by Gasteiger charge is -2.36. The first-order valence-electron chi connectivity index (χ1n) is 8.83. The van der Waals surface area contributed by atoms with Gasteiger partial charge in [0, 0.05) is 42.9 Å². The predicted octanol–water partition coefficient (Wildman–Crippen LogP) is 3.05. The molecule has 2 aromatic carbocycles. The topological polar surface area (TPSA) is 55.8 Å². The summed E-state index contributed by atoms with van der Waals surface area (Å²) in [5.74, 6) is 0.381. The monoisotopic (exact) mass is 373 g/mol. The molecule has 0 aliphatic carbocycles. The Morgan fingerprint density at radius 1 is 1.15 bits per heavy atom. The lowest BCUT2D eigenvalue weighted by Crippen LogP contribution is -2.51. The van der Waals surface area contributed by atoms with Gasteiger partial charge in [-0.3, -0.25) is 4.79 Å². The number of rotatable bonds is 5. The van der Waals surface area contributed by atoms with Gasteiger partial charge < -0.3 is 20.2 Å². The third-order valence-electron chi connectivity index (χ3n) is 4.76. The second kappa shape index (κ2) is 8.43. The van der Waals surface area contributed by atoms with E-state index >= 15 is 0 Å². The van der Waals surface area contributed by atoms with Gasteiger partial charge >= 0.3 is 0 Å². The lowest BCUT2D eigenvalue weighted by atomic mass is 10.1. The van der Waals surface area contributed by atoms with Gasteiger partial charge in [0.15, 0.2) is 0 Å². The molecule has 6 heteroatoms. The van der Waals surface area contributed by atoms with Crippen LogP contribution in [0.3, 0.4) is 0 Å². The number of amides is 1. The summed E-state index contributed by atoms with van der Waals surface area (Å²) >= 11 is 6.02. The number of piperazine rings is 1. The molecule has 2 N–H and O–H groups in total. The molecule has 1 saturated heterocycles. The number of carbonyl (C=O) groups is 1. The van der Waals surface area contributed by atoms with E-state index in [1.807, 2.05) is 48.2 Å². The molecule has 0 saturated carbocycles.